The fraction of sp³-hybridized carbons (Fsp3) is 1.00. The van der Waals surface area contributed by atoms with Gasteiger partial charge in [0, 0.05) is 19.3 Å². The Morgan fingerprint density at radius 3 is 1.18 bits per heavy atom. The maximum atomic E-state index is 10.6. The van der Waals surface area contributed by atoms with Gasteiger partial charge in [0.15, 0.2) is 17.5 Å². The van der Waals surface area contributed by atoms with Gasteiger partial charge in [-0.2, -0.15) is 0 Å². The van der Waals surface area contributed by atoms with Crippen molar-refractivity contribution >= 4 is 14.5 Å². The van der Waals surface area contributed by atoms with E-state index in [1.54, 1.807) is 0 Å². The van der Waals surface area contributed by atoms with Crippen LogP contribution in [0, 0.1) is 0 Å². The van der Waals surface area contributed by atoms with Crippen LogP contribution in [0.4, 0.5) is 17.3 Å². The lowest BCUT2D eigenvalue weighted by Gasteiger charge is -2.38. The van der Waals surface area contributed by atoms with Crippen molar-refractivity contribution in [1.29, 1.82) is 0 Å². The van der Waals surface area contributed by atoms with Crippen LogP contribution in [0.15, 0.2) is 0 Å². The maximum Gasteiger partial charge on any atom is 0.673 e. The molecule has 0 spiro atoms. The first kappa shape index (κ1) is 30.3. The molecule has 0 saturated heterocycles. The van der Waals surface area contributed by atoms with Crippen LogP contribution in [-0.2, 0) is 0 Å². The van der Waals surface area contributed by atoms with Crippen LogP contribution in [-0.4, -0.2) is 46.3 Å². The standard InChI is InChI=1S/C19H42O3P.BF4/c1-5-9-10-11-12-13-14-15-16-23(17(20)6-2,18(21)7-3)19(22)8-4;2-1(3,4)5/h17-22H,5-16H2,1-4H3;/q+1;-1. The molecule has 3 atom stereocenters. The van der Waals surface area contributed by atoms with Gasteiger partial charge < -0.3 is 32.6 Å². The number of unbranched alkanes of at least 4 members (excludes halogenated alkanes) is 7. The Morgan fingerprint density at radius 2 is 0.893 bits per heavy atom. The van der Waals surface area contributed by atoms with Crippen LogP contribution in [0.3, 0.4) is 0 Å². The third-order valence-electron chi connectivity index (χ3n) is 5.16. The van der Waals surface area contributed by atoms with E-state index in [-0.39, 0.29) is 0 Å². The number of aliphatic hydroxyl groups excluding tert-OH is 3. The summed E-state index contributed by atoms with van der Waals surface area (Å²) < 4.78 is 39.0. The van der Waals surface area contributed by atoms with Gasteiger partial charge in [-0.25, -0.2) is 0 Å². The lowest BCUT2D eigenvalue weighted by molar-refractivity contribution is 0.178. The van der Waals surface area contributed by atoms with Crippen molar-refractivity contribution in [3.8, 4) is 0 Å². The summed E-state index contributed by atoms with van der Waals surface area (Å²) in [5.74, 6) is -1.59. The monoisotopic (exact) mass is 436 g/mol. The molecule has 9 heteroatoms. The Morgan fingerprint density at radius 1 is 0.607 bits per heavy atom. The second kappa shape index (κ2) is 16.8. The summed E-state index contributed by atoms with van der Waals surface area (Å²) in [7, 11) is -8.17. The van der Waals surface area contributed by atoms with E-state index in [4.69, 9.17) is 0 Å². The van der Waals surface area contributed by atoms with Crippen LogP contribution >= 0.6 is 7.26 Å². The summed E-state index contributed by atoms with van der Waals surface area (Å²) in [5.41, 5.74) is 0. The quantitative estimate of drug-likeness (QED) is 0.117. The van der Waals surface area contributed by atoms with Gasteiger partial charge in [0.1, 0.15) is 7.26 Å². The fourth-order valence-corrected chi connectivity index (χ4v) is 8.48. The number of hydrogen-bond acceptors (Lipinski definition) is 3. The number of hydrogen-bond donors (Lipinski definition) is 3. The summed E-state index contributed by atoms with van der Waals surface area (Å²) in [6.45, 7) is 8.11. The number of aliphatic hydroxyl groups is 3. The van der Waals surface area contributed by atoms with E-state index in [1.165, 1.54) is 38.5 Å². The lowest BCUT2D eigenvalue weighted by atomic mass is 10.1. The Bertz CT molecular complexity index is 330. The van der Waals surface area contributed by atoms with Crippen molar-refractivity contribution in [3.63, 3.8) is 0 Å². The minimum Gasteiger partial charge on any atom is -0.418 e. The van der Waals surface area contributed by atoms with Crippen molar-refractivity contribution < 1.29 is 32.6 Å². The van der Waals surface area contributed by atoms with E-state index in [1.807, 2.05) is 20.8 Å². The van der Waals surface area contributed by atoms with Gasteiger partial charge in [0.25, 0.3) is 0 Å². The zero-order valence-electron chi connectivity index (χ0n) is 18.1. The molecule has 0 amide bonds. The second-order valence-electron chi connectivity index (χ2n) is 7.35. The summed E-state index contributed by atoms with van der Waals surface area (Å²) in [4.78, 5) is 0. The largest absolute Gasteiger partial charge is 0.673 e. The van der Waals surface area contributed by atoms with E-state index in [9.17, 15) is 32.6 Å². The summed E-state index contributed by atoms with van der Waals surface area (Å²) >= 11 is 0. The minimum absolute atomic E-state index is 0.531. The van der Waals surface area contributed by atoms with E-state index >= 15 is 0 Å². The molecule has 0 bridgehead atoms. The molecule has 0 radical (unpaired) electrons. The van der Waals surface area contributed by atoms with Gasteiger partial charge in [0.2, 0.25) is 0 Å². The van der Waals surface area contributed by atoms with E-state index < -0.39 is 32.1 Å². The first-order chi connectivity index (χ1) is 13.0. The van der Waals surface area contributed by atoms with E-state index in [0.29, 0.717) is 19.3 Å². The molecule has 28 heavy (non-hydrogen) atoms. The van der Waals surface area contributed by atoms with Gasteiger partial charge in [-0.15, -0.1) is 0 Å². The van der Waals surface area contributed by atoms with Gasteiger partial charge in [-0.1, -0.05) is 66.2 Å². The molecule has 0 aliphatic rings. The van der Waals surface area contributed by atoms with Crippen LogP contribution < -0.4 is 0 Å². The highest BCUT2D eigenvalue weighted by atomic mass is 31.2. The molecule has 0 aliphatic heterocycles. The fourth-order valence-electron chi connectivity index (χ4n) is 3.58. The first-order valence-corrected chi connectivity index (χ1v) is 13.0. The minimum atomic E-state index is -6.00. The van der Waals surface area contributed by atoms with Crippen LogP contribution in [0.2, 0.25) is 0 Å². The van der Waals surface area contributed by atoms with Gasteiger partial charge in [0.05, 0.1) is 6.16 Å². The third-order valence-corrected chi connectivity index (χ3v) is 10.7. The van der Waals surface area contributed by atoms with Crippen molar-refractivity contribution in [3.05, 3.63) is 0 Å². The smallest absolute Gasteiger partial charge is 0.418 e. The number of halogens is 4. The molecule has 0 aliphatic carbocycles. The number of rotatable bonds is 15. The molecule has 0 saturated carbocycles. The SMILES string of the molecule is CCCCCCCCCC[P+](C(O)CC)(C(O)CC)C(O)CC.F[B-](F)(F)F. The van der Waals surface area contributed by atoms with Crippen molar-refractivity contribution in [1.82, 2.24) is 0 Å². The Labute approximate surface area is 169 Å². The van der Waals surface area contributed by atoms with Crippen LogP contribution in [0.25, 0.3) is 0 Å². The predicted molar refractivity (Wildman–Crippen MR) is 113 cm³/mol. The zero-order chi connectivity index (χ0) is 22.2. The highest BCUT2D eigenvalue weighted by Crippen LogP contribution is 2.71. The predicted octanol–water partition coefficient (Wildman–Crippen LogP) is 6.63. The van der Waals surface area contributed by atoms with Crippen molar-refractivity contribution in [2.75, 3.05) is 6.16 Å². The molecule has 172 valence electrons. The van der Waals surface area contributed by atoms with Gasteiger partial charge in [-0.3, -0.25) is 0 Å². The first-order valence-electron chi connectivity index (χ1n) is 10.8. The Hall–Kier alpha value is 0.0949. The van der Waals surface area contributed by atoms with Crippen LogP contribution in [0.1, 0.15) is 98.3 Å². The molecular formula is C19H42BF4O3P. The highest BCUT2D eigenvalue weighted by Gasteiger charge is 2.54. The average Bonchev–Trinajstić information content (AvgIpc) is 2.64. The molecule has 0 rings (SSSR count). The Balaban J connectivity index is 0. The average molecular weight is 436 g/mol. The van der Waals surface area contributed by atoms with Crippen molar-refractivity contribution in [2.45, 2.75) is 116 Å². The third kappa shape index (κ3) is 13.3. The molecule has 3 unspecified atom stereocenters. The molecule has 0 heterocycles. The van der Waals surface area contributed by atoms with Crippen LogP contribution in [0.5, 0.6) is 0 Å². The molecule has 0 aromatic heterocycles. The summed E-state index contributed by atoms with van der Waals surface area (Å²) in [5, 5.41) is 31.8. The van der Waals surface area contributed by atoms with E-state index in [0.717, 1.165) is 19.0 Å². The molecular weight excluding hydrogens is 394 g/mol. The molecule has 0 aromatic rings. The van der Waals surface area contributed by atoms with Crippen molar-refractivity contribution in [2.24, 2.45) is 0 Å². The van der Waals surface area contributed by atoms with E-state index in [2.05, 4.69) is 6.92 Å². The lowest BCUT2D eigenvalue weighted by Crippen LogP contribution is -2.34. The van der Waals surface area contributed by atoms with Gasteiger partial charge >= 0.3 is 7.25 Å². The molecule has 3 N–H and O–H groups in total. The summed E-state index contributed by atoms with van der Waals surface area (Å²) in [6, 6.07) is 0. The molecule has 3 nitrogen and oxygen atoms in total. The normalized spacial score (nSPS) is 17.2. The Kier molecular flexibility index (Phi) is 18.2. The topological polar surface area (TPSA) is 60.7 Å². The summed E-state index contributed by atoms with van der Waals surface area (Å²) in [6.07, 6.45) is 12.7. The van der Waals surface area contributed by atoms with Gasteiger partial charge in [-0.05, 0) is 12.8 Å². The second-order valence-corrected chi connectivity index (χ2v) is 11.6. The maximum absolute atomic E-state index is 10.6. The highest BCUT2D eigenvalue weighted by molar-refractivity contribution is 7.77. The molecule has 0 fully saturated rings. The molecule has 0 aromatic carbocycles. The zero-order valence-corrected chi connectivity index (χ0v) is 19.0.